The number of aliphatic hydroxyl groups excluding tert-OH is 1. The molecule has 5 fully saturated rings. The van der Waals surface area contributed by atoms with Crippen LogP contribution in [0.3, 0.4) is 0 Å². The third-order valence-corrected chi connectivity index (χ3v) is 11.8. The monoisotopic (exact) mass is 509 g/mol. The largest absolute Gasteiger partial charge is 0.494 e. The van der Waals surface area contributed by atoms with Crippen molar-refractivity contribution in [1.29, 1.82) is 0 Å². The van der Waals surface area contributed by atoms with Crippen molar-refractivity contribution in [2.24, 2.45) is 34.5 Å². The van der Waals surface area contributed by atoms with E-state index in [0.717, 1.165) is 69.6 Å². The van der Waals surface area contributed by atoms with Crippen LogP contribution in [0.15, 0.2) is 24.3 Å². The van der Waals surface area contributed by atoms with Crippen molar-refractivity contribution in [1.82, 2.24) is 5.32 Å². The van der Waals surface area contributed by atoms with Crippen LogP contribution in [-0.2, 0) is 9.53 Å². The molecule has 1 heterocycles. The molecule has 4 aliphatic carbocycles. The molecular weight excluding hydrogens is 462 g/mol. The molecule has 1 aromatic carbocycles. The quantitative estimate of drug-likeness (QED) is 0.504. The summed E-state index contributed by atoms with van der Waals surface area (Å²) >= 11 is 0. The molecule has 2 N–H and O–H groups in total. The number of ether oxygens (including phenoxy) is 2. The van der Waals surface area contributed by atoms with Gasteiger partial charge in [-0.15, -0.1) is 0 Å². The summed E-state index contributed by atoms with van der Waals surface area (Å²) in [6.45, 7) is 6.85. The van der Waals surface area contributed by atoms with Gasteiger partial charge in [0.25, 0.3) is 0 Å². The van der Waals surface area contributed by atoms with E-state index in [1.807, 2.05) is 0 Å². The number of fused-ring (bicyclic) bond motifs is 5. The molecule has 1 aliphatic heterocycles. The number of nitrogens with one attached hydrogen (secondary N) is 1. The summed E-state index contributed by atoms with van der Waals surface area (Å²) in [6, 6.07) is 9.11. The van der Waals surface area contributed by atoms with E-state index in [1.54, 1.807) is 0 Å². The standard InChI is InChI=1S/C32H47NO4/c1-3-23-19-36-20-29(33-23)21-5-4-6-25(17-21)37-16-15-32-14-12-27-26(28(32)9-10-30(32)35)8-7-22-18-24(34)11-13-31(22,27)2/h4-6,17,22-23,26-30,33,35H,3,7-16,18-20H2,1-2H3/t22?,23?,26?,27?,28?,29?,30?,31-,32+/m0/s1. The Balaban J connectivity index is 1.12. The molecule has 204 valence electrons. The SMILES string of the molecule is CCC1COCC(c2cccc(OCC[C@]34CCC5C(CCC6CC(=O)CC[C@@]65C)C3CCC4O)c2)N1. The van der Waals surface area contributed by atoms with Gasteiger partial charge in [0.05, 0.1) is 32.0 Å². The van der Waals surface area contributed by atoms with E-state index >= 15 is 0 Å². The Morgan fingerprint density at radius 3 is 2.86 bits per heavy atom. The topological polar surface area (TPSA) is 67.8 Å². The van der Waals surface area contributed by atoms with Crippen molar-refractivity contribution < 1.29 is 19.4 Å². The molecule has 1 saturated heterocycles. The van der Waals surface area contributed by atoms with Crippen molar-refractivity contribution >= 4 is 5.78 Å². The lowest BCUT2D eigenvalue weighted by molar-refractivity contribution is -0.145. The van der Waals surface area contributed by atoms with Crippen LogP contribution in [0, 0.1) is 34.5 Å². The first-order chi connectivity index (χ1) is 17.9. The van der Waals surface area contributed by atoms with Crippen molar-refractivity contribution in [3.8, 4) is 5.75 Å². The lowest BCUT2D eigenvalue weighted by Gasteiger charge is -2.60. The van der Waals surface area contributed by atoms with Crippen LogP contribution in [0.5, 0.6) is 5.75 Å². The minimum atomic E-state index is -0.207. The van der Waals surface area contributed by atoms with Crippen LogP contribution in [0.1, 0.15) is 96.1 Å². The average Bonchev–Trinajstić information content (AvgIpc) is 3.25. The summed E-state index contributed by atoms with van der Waals surface area (Å²) in [6.07, 6.45) is 11.3. The normalized spacial score (nSPS) is 43.5. The molecule has 5 nitrogen and oxygen atoms in total. The first-order valence-corrected chi connectivity index (χ1v) is 15.2. The highest BCUT2D eigenvalue weighted by atomic mass is 16.5. The maximum Gasteiger partial charge on any atom is 0.133 e. The summed E-state index contributed by atoms with van der Waals surface area (Å²) < 4.78 is 12.2. The summed E-state index contributed by atoms with van der Waals surface area (Å²) in [5, 5.41) is 15.0. The van der Waals surface area contributed by atoms with Gasteiger partial charge in [-0.05, 0) is 105 Å². The number of morpholine rings is 1. The summed E-state index contributed by atoms with van der Waals surface area (Å²) in [5.74, 6) is 4.01. The Kier molecular flexibility index (Phi) is 7.17. The van der Waals surface area contributed by atoms with Crippen LogP contribution < -0.4 is 10.1 Å². The van der Waals surface area contributed by atoms with Gasteiger partial charge in [-0.1, -0.05) is 26.0 Å². The fraction of sp³-hybridized carbons (Fsp3) is 0.781. The molecule has 0 bridgehead atoms. The van der Waals surface area contributed by atoms with Crippen molar-refractivity contribution in [3.05, 3.63) is 29.8 Å². The first-order valence-electron chi connectivity index (χ1n) is 15.2. The van der Waals surface area contributed by atoms with Crippen LogP contribution >= 0.6 is 0 Å². The Bertz CT molecular complexity index is 981. The minimum absolute atomic E-state index is 0.000424. The number of hydrogen-bond donors (Lipinski definition) is 2. The highest BCUT2D eigenvalue weighted by Crippen LogP contribution is 2.66. The zero-order valence-electron chi connectivity index (χ0n) is 22.9. The molecule has 5 heteroatoms. The summed E-state index contributed by atoms with van der Waals surface area (Å²) in [7, 11) is 0. The molecule has 0 aromatic heterocycles. The van der Waals surface area contributed by atoms with Gasteiger partial charge in [0, 0.05) is 24.3 Å². The predicted octanol–water partition coefficient (Wildman–Crippen LogP) is 5.85. The van der Waals surface area contributed by atoms with E-state index in [2.05, 4.69) is 43.4 Å². The molecule has 4 saturated carbocycles. The van der Waals surface area contributed by atoms with E-state index in [9.17, 15) is 9.90 Å². The van der Waals surface area contributed by atoms with E-state index in [1.165, 1.54) is 24.8 Å². The van der Waals surface area contributed by atoms with Crippen LogP contribution in [-0.4, -0.2) is 42.9 Å². The van der Waals surface area contributed by atoms with E-state index in [0.29, 0.717) is 48.2 Å². The maximum absolute atomic E-state index is 12.2. The maximum atomic E-state index is 12.2. The lowest BCUT2D eigenvalue weighted by Crippen LogP contribution is -2.55. The van der Waals surface area contributed by atoms with E-state index < -0.39 is 0 Å². The van der Waals surface area contributed by atoms with Crippen LogP contribution in [0.2, 0.25) is 0 Å². The van der Waals surface area contributed by atoms with Gasteiger partial charge in [0.1, 0.15) is 11.5 Å². The Hall–Kier alpha value is -1.43. The van der Waals surface area contributed by atoms with Gasteiger partial charge in [0.15, 0.2) is 0 Å². The number of ketones is 1. The second-order valence-corrected chi connectivity index (χ2v) is 13.3. The van der Waals surface area contributed by atoms with E-state index in [-0.39, 0.29) is 17.6 Å². The smallest absolute Gasteiger partial charge is 0.133 e. The Morgan fingerprint density at radius 1 is 1.11 bits per heavy atom. The van der Waals surface area contributed by atoms with Gasteiger partial charge < -0.3 is 19.9 Å². The number of hydrogen-bond acceptors (Lipinski definition) is 5. The number of carbonyl (C=O) groups excluding carboxylic acids is 1. The van der Waals surface area contributed by atoms with Gasteiger partial charge in [-0.3, -0.25) is 4.79 Å². The summed E-state index contributed by atoms with van der Waals surface area (Å²) in [4.78, 5) is 12.2. The molecule has 6 rings (SSSR count). The molecule has 0 spiro atoms. The molecule has 37 heavy (non-hydrogen) atoms. The van der Waals surface area contributed by atoms with Crippen LogP contribution in [0.4, 0.5) is 0 Å². The third kappa shape index (κ3) is 4.57. The highest BCUT2D eigenvalue weighted by Gasteiger charge is 2.61. The number of Topliss-reactive ketones (excluding diaryl/α,β-unsaturated/α-hetero) is 1. The van der Waals surface area contributed by atoms with Gasteiger partial charge >= 0.3 is 0 Å². The lowest BCUT2D eigenvalue weighted by atomic mass is 9.44. The van der Waals surface area contributed by atoms with Crippen LogP contribution in [0.25, 0.3) is 0 Å². The average molecular weight is 510 g/mol. The molecule has 9 atom stereocenters. The van der Waals surface area contributed by atoms with Crippen molar-refractivity contribution in [2.45, 2.75) is 103 Å². The van der Waals surface area contributed by atoms with Gasteiger partial charge in [0.2, 0.25) is 0 Å². The fourth-order valence-electron chi connectivity index (χ4n) is 9.62. The first kappa shape index (κ1) is 25.8. The molecule has 0 amide bonds. The minimum Gasteiger partial charge on any atom is -0.494 e. The number of aliphatic hydroxyl groups is 1. The number of benzene rings is 1. The highest BCUT2D eigenvalue weighted by molar-refractivity contribution is 5.79. The fourth-order valence-corrected chi connectivity index (χ4v) is 9.62. The third-order valence-electron chi connectivity index (χ3n) is 11.8. The number of carbonyl (C=O) groups is 1. The molecular formula is C32H47NO4. The van der Waals surface area contributed by atoms with Gasteiger partial charge in [-0.2, -0.15) is 0 Å². The summed E-state index contributed by atoms with van der Waals surface area (Å²) in [5.41, 5.74) is 1.55. The number of rotatable bonds is 6. The molecule has 1 aromatic rings. The zero-order valence-corrected chi connectivity index (χ0v) is 22.9. The Labute approximate surface area is 223 Å². The predicted molar refractivity (Wildman–Crippen MR) is 144 cm³/mol. The molecule has 5 aliphatic rings. The van der Waals surface area contributed by atoms with Gasteiger partial charge in [-0.25, -0.2) is 0 Å². The second kappa shape index (κ2) is 10.3. The van der Waals surface area contributed by atoms with Crippen molar-refractivity contribution in [2.75, 3.05) is 19.8 Å². The zero-order chi connectivity index (χ0) is 25.6. The second-order valence-electron chi connectivity index (χ2n) is 13.3. The van der Waals surface area contributed by atoms with E-state index in [4.69, 9.17) is 9.47 Å². The molecule has 7 unspecified atom stereocenters. The molecule has 0 radical (unpaired) electrons. The van der Waals surface area contributed by atoms with Crippen molar-refractivity contribution in [3.63, 3.8) is 0 Å². The Morgan fingerprint density at radius 2 is 2.00 bits per heavy atom.